The Labute approximate surface area is 136 Å². The lowest BCUT2D eigenvalue weighted by atomic mass is 10.1. The number of amides is 1. The van der Waals surface area contributed by atoms with E-state index in [0.717, 1.165) is 0 Å². The van der Waals surface area contributed by atoms with Gasteiger partial charge in [0.2, 0.25) is 5.91 Å². The molecule has 0 saturated carbocycles. The third kappa shape index (κ3) is 4.72. The third-order valence-corrected chi connectivity index (χ3v) is 3.53. The summed E-state index contributed by atoms with van der Waals surface area (Å²) in [6.45, 7) is 2.95. The minimum absolute atomic E-state index is 0.106. The van der Waals surface area contributed by atoms with Gasteiger partial charge in [-0.05, 0) is 30.2 Å². The summed E-state index contributed by atoms with van der Waals surface area (Å²) in [7, 11) is 3.14. The van der Waals surface area contributed by atoms with Crippen LogP contribution in [0, 0.1) is 6.92 Å². The number of carbonyl (C=O) groups is 1. The zero-order chi connectivity index (χ0) is 16.7. The molecule has 5 heteroatoms. The first-order valence-electron chi connectivity index (χ1n) is 7.41. The smallest absolute Gasteiger partial charge is 0.238 e. The van der Waals surface area contributed by atoms with E-state index in [9.17, 15) is 4.79 Å². The fourth-order valence-electron chi connectivity index (χ4n) is 2.24. The van der Waals surface area contributed by atoms with E-state index in [0.29, 0.717) is 23.7 Å². The summed E-state index contributed by atoms with van der Waals surface area (Å²) in [5, 5.41) is 5.98. The van der Waals surface area contributed by atoms with E-state index in [-0.39, 0.29) is 12.5 Å². The van der Waals surface area contributed by atoms with Gasteiger partial charge in [0.05, 0.1) is 20.8 Å². The molecule has 0 spiro atoms. The van der Waals surface area contributed by atoms with Crippen LogP contribution in [0.25, 0.3) is 0 Å². The molecule has 2 N–H and O–H groups in total. The number of ether oxygens (including phenoxy) is 2. The summed E-state index contributed by atoms with van der Waals surface area (Å²) in [6.07, 6.45) is 0. The maximum Gasteiger partial charge on any atom is 0.238 e. The van der Waals surface area contributed by atoms with Gasteiger partial charge < -0.3 is 20.1 Å². The van der Waals surface area contributed by atoms with Crippen molar-refractivity contribution < 1.29 is 14.3 Å². The summed E-state index contributed by atoms with van der Waals surface area (Å²) in [5.74, 6) is 1.10. The standard InChI is InChI=1S/C18H22N2O3/c1-13-6-4-5-7-14(13)11-19-12-18(21)20-15-8-9-16(22-2)17(10-15)23-3/h4-10,19H,11-12H2,1-3H3,(H,20,21). The molecule has 0 bridgehead atoms. The minimum atomic E-state index is -0.106. The first-order valence-corrected chi connectivity index (χ1v) is 7.41. The highest BCUT2D eigenvalue weighted by Crippen LogP contribution is 2.29. The minimum Gasteiger partial charge on any atom is -0.493 e. The lowest BCUT2D eigenvalue weighted by Crippen LogP contribution is -2.27. The number of hydrogen-bond acceptors (Lipinski definition) is 4. The van der Waals surface area contributed by atoms with Crippen molar-refractivity contribution in [1.82, 2.24) is 5.32 Å². The van der Waals surface area contributed by atoms with Crippen LogP contribution in [0.2, 0.25) is 0 Å². The molecule has 0 fully saturated rings. The Morgan fingerprint density at radius 3 is 2.48 bits per heavy atom. The number of anilines is 1. The van der Waals surface area contributed by atoms with Crippen LogP contribution in [-0.2, 0) is 11.3 Å². The molecule has 0 aliphatic rings. The Kier molecular flexibility index (Phi) is 6.00. The topological polar surface area (TPSA) is 59.6 Å². The van der Waals surface area contributed by atoms with Gasteiger partial charge in [-0.1, -0.05) is 24.3 Å². The normalized spacial score (nSPS) is 10.2. The van der Waals surface area contributed by atoms with Crippen molar-refractivity contribution in [2.75, 3.05) is 26.1 Å². The molecule has 0 aromatic heterocycles. The average Bonchev–Trinajstić information content (AvgIpc) is 2.56. The van der Waals surface area contributed by atoms with Crippen molar-refractivity contribution in [1.29, 1.82) is 0 Å². The fourth-order valence-corrected chi connectivity index (χ4v) is 2.24. The van der Waals surface area contributed by atoms with E-state index in [1.807, 2.05) is 12.1 Å². The Bertz CT molecular complexity index is 671. The molecule has 2 aromatic carbocycles. The number of hydrogen-bond donors (Lipinski definition) is 2. The summed E-state index contributed by atoms with van der Waals surface area (Å²) in [4.78, 5) is 12.0. The van der Waals surface area contributed by atoms with Gasteiger partial charge in [0.15, 0.2) is 11.5 Å². The van der Waals surface area contributed by atoms with Crippen LogP contribution in [0.1, 0.15) is 11.1 Å². The third-order valence-electron chi connectivity index (χ3n) is 3.53. The number of nitrogens with one attached hydrogen (secondary N) is 2. The first kappa shape index (κ1) is 16.8. The van der Waals surface area contributed by atoms with Gasteiger partial charge in [0, 0.05) is 18.3 Å². The van der Waals surface area contributed by atoms with E-state index < -0.39 is 0 Å². The predicted molar refractivity (Wildman–Crippen MR) is 91.1 cm³/mol. The zero-order valence-corrected chi connectivity index (χ0v) is 13.7. The van der Waals surface area contributed by atoms with Gasteiger partial charge in [-0.25, -0.2) is 0 Å². The SMILES string of the molecule is COc1ccc(NC(=O)CNCc2ccccc2C)cc1OC. The number of rotatable bonds is 7. The second-order valence-corrected chi connectivity index (χ2v) is 5.15. The maximum absolute atomic E-state index is 12.0. The molecule has 0 atom stereocenters. The molecule has 0 saturated heterocycles. The van der Waals surface area contributed by atoms with Crippen LogP contribution in [0.4, 0.5) is 5.69 Å². The molecular formula is C18H22N2O3. The summed E-state index contributed by atoms with van der Waals surface area (Å²) < 4.78 is 10.4. The zero-order valence-electron chi connectivity index (χ0n) is 13.7. The molecule has 2 aromatic rings. The van der Waals surface area contributed by atoms with Crippen molar-refractivity contribution in [2.24, 2.45) is 0 Å². The number of aryl methyl sites for hydroxylation is 1. The van der Waals surface area contributed by atoms with Crippen molar-refractivity contribution >= 4 is 11.6 Å². The van der Waals surface area contributed by atoms with E-state index in [4.69, 9.17) is 9.47 Å². The van der Waals surface area contributed by atoms with Gasteiger partial charge in [-0.2, -0.15) is 0 Å². The van der Waals surface area contributed by atoms with Crippen molar-refractivity contribution in [3.63, 3.8) is 0 Å². The highest BCUT2D eigenvalue weighted by atomic mass is 16.5. The van der Waals surface area contributed by atoms with Gasteiger partial charge in [-0.3, -0.25) is 4.79 Å². The molecular weight excluding hydrogens is 292 g/mol. The highest BCUT2D eigenvalue weighted by Gasteiger charge is 2.07. The lowest BCUT2D eigenvalue weighted by Gasteiger charge is -2.11. The number of benzene rings is 2. The fraction of sp³-hybridized carbons (Fsp3) is 0.278. The van der Waals surface area contributed by atoms with E-state index in [1.54, 1.807) is 32.4 Å². The van der Waals surface area contributed by atoms with Gasteiger partial charge in [0.1, 0.15) is 0 Å². The Balaban J connectivity index is 1.86. The molecule has 0 radical (unpaired) electrons. The molecule has 0 aliphatic heterocycles. The molecule has 122 valence electrons. The average molecular weight is 314 g/mol. The Hall–Kier alpha value is -2.53. The summed E-state index contributed by atoms with van der Waals surface area (Å²) in [5.41, 5.74) is 3.07. The van der Waals surface area contributed by atoms with Gasteiger partial charge >= 0.3 is 0 Å². The first-order chi connectivity index (χ1) is 11.1. The van der Waals surface area contributed by atoms with Crippen LogP contribution in [0.15, 0.2) is 42.5 Å². The summed E-state index contributed by atoms with van der Waals surface area (Å²) in [6, 6.07) is 13.4. The van der Waals surface area contributed by atoms with Crippen LogP contribution < -0.4 is 20.1 Å². The van der Waals surface area contributed by atoms with Gasteiger partial charge in [0.25, 0.3) is 0 Å². The van der Waals surface area contributed by atoms with E-state index in [2.05, 4.69) is 29.7 Å². The van der Waals surface area contributed by atoms with E-state index >= 15 is 0 Å². The maximum atomic E-state index is 12.0. The molecule has 0 heterocycles. The second-order valence-electron chi connectivity index (χ2n) is 5.15. The quantitative estimate of drug-likeness (QED) is 0.825. The van der Waals surface area contributed by atoms with Crippen LogP contribution in [0.5, 0.6) is 11.5 Å². The summed E-state index contributed by atoms with van der Waals surface area (Å²) >= 11 is 0. The van der Waals surface area contributed by atoms with Gasteiger partial charge in [-0.15, -0.1) is 0 Å². The molecule has 5 nitrogen and oxygen atoms in total. The monoisotopic (exact) mass is 314 g/mol. The highest BCUT2D eigenvalue weighted by molar-refractivity contribution is 5.92. The Morgan fingerprint density at radius 2 is 1.78 bits per heavy atom. The molecule has 0 unspecified atom stereocenters. The Morgan fingerprint density at radius 1 is 1.04 bits per heavy atom. The van der Waals surface area contributed by atoms with Crippen molar-refractivity contribution in [2.45, 2.75) is 13.5 Å². The van der Waals surface area contributed by atoms with Crippen molar-refractivity contribution in [3.05, 3.63) is 53.6 Å². The molecule has 1 amide bonds. The number of methoxy groups -OCH3 is 2. The van der Waals surface area contributed by atoms with E-state index in [1.165, 1.54) is 11.1 Å². The molecule has 2 rings (SSSR count). The van der Waals surface area contributed by atoms with Crippen LogP contribution in [0.3, 0.4) is 0 Å². The predicted octanol–water partition coefficient (Wildman–Crippen LogP) is 2.74. The lowest BCUT2D eigenvalue weighted by molar-refractivity contribution is -0.115. The largest absolute Gasteiger partial charge is 0.493 e. The molecule has 23 heavy (non-hydrogen) atoms. The molecule has 0 aliphatic carbocycles. The van der Waals surface area contributed by atoms with Crippen molar-refractivity contribution in [3.8, 4) is 11.5 Å². The second kappa shape index (κ2) is 8.19. The van der Waals surface area contributed by atoms with Crippen LogP contribution in [-0.4, -0.2) is 26.7 Å². The van der Waals surface area contributed by atoms with Crippen LogP contribution >= 0.6 is 0 Å². The number of carbonyl (C=O) groups excluding carboxylic acids is 1.